The number of phosphoric ester groups is 1. The zero-order valence-corrected chi connectivity index (χ0v) is 40.1. The van der Waals surface area contributed by atoms with Crippen molar-refractivity contribution in [1.82, 2.24) is 0 Å². The summed E-state index contributed by atoms with van der Waals surface area (Å²) in [6.07, 6.45) is 36.7. The van der Waals surface area contributed by atoms with Gasteiger partial charge in [-0.1, -0.05) is 154 Å². The van der Waals surface area contributed by atoms with E-state index in [1.54, 1.807) is 0 Å². The van der Waals surface area contributed by atoms with Gasteiger partial charge in [0, 0.05) is 12.8 Å². The fourth-order valence-corrected chi connectivity index (χ4v) is 7.42. The highest BCUT2D eigenvalue weighted by molar-refractivity contribution is 7.47. The summed E-state index contributed by atoms with van der Waals surface area (Å²) in [6.45, 7) is 4.20. The van der Waals surface area contributed by atoms with Crippen molar-refractivity contribution >= 4 is 19.8 Å². The number of carbonyl (C=O) groups is 2. The van der Waals surface area contributed by atoms with E-state index in [0.717, 1.165) is 57.8 Å². The molecule has 0 bridgehead atoms. The molecule has 0 amide bonds. The molecule has 354 valence electrons. The predicted molar refractivity (Wildman–Crippen MR) is 246 cm³/mol. The monoisotopic (exact) mass is 875 g/mol. The van der Waals surface area contributed by atoms with Gasteiger partial charge in [-0.3, -0.25) is 18.6 Å². The molecule has 0 aromatic heterocycles. The first-order valence-corrected chi connectivity index (χ1v) is 25.7. The second kappa shape index (κ2) is 40.2. The highest BCUT2D eigenvalue weighted by Gasteiger charge is 2.27. The van der Waals surface area contributed by atoms with Crippen molar-refractivity contribution in [1.29, 1.82) is 0 Å². The second-order valence-corrected chi connectivity index (χ2v) is 19.3. The van der Waals surface area contributed by atoms with Gasteiger partial charge < -0.3 is 29.1 Å². The van der Waals surface area contributed by atoms with Crippen LogP contribution in [0.1, 0.15) is 206 Å². The van der Waals surface area contributed by atoms with E-state index in [1.165, 1.54) is 96.3 Å². The van der Waals surface area contributed by atoms with E-state index in [-0.39, 0.29) is 26.1 Å². The van der Waals surface area contributed by atoms with Gasteiger partial charge in [0.1, 0.15) is 19.8 Å². The number of carbonyl (C=O) groups excluding carboxylic acids is 2. The summed E-state index contributed by atoms with van der Waals surface area (Å²) in [5.41, 5.74) is 0. The highest BCUT2D eigenvalue weighted by atomic mass is 31.2. The number of ether oxygens (including phenoxy) is 2. The lowest BCUT2D eigenvalue weighted by Gasteiger charge is -2.24. The molecule has 0 aliphatic rings. The van der Waals surface area contributed by atoms with E-state index < -0.39 is 44.7 Å². The quantitative estimate of drug-likeness (QED) is 0.0178. The van der Waals surface area contributed by atoms with Crippen LogP contribution in [0.15, 0.2) is 24.3 Å². The highest BCUT2D eigenvalue weighted by Crippen LogP contribution is 2.43. The van der Waals surface area contributed by atoms with Crippen LogP contribution in [-0.4, -0.2) is 97.3 Å². The average molecular weight is 875 g/mol. The maximum Gasteiger partial charge on any atom is 0.472 e. The molecule has 1 unspecified atom stereocenters. The fourth-order valence-electron chi connectivity index (χ4n) is 6.68. The number of esters is 2. The Kier molecular flexibility index (Phi) is 39.1. The van der Waals surface area contributed by atoms with Crippen molar-refractivity contribution in [2.24, 2.45) is 0 Å². The zero-order chi connectivity index (χ0) is 44.6. The van der Waals surface area contributed by atoms with Crippen LogP contribution in [0.5, 0.6) is 0 Å². The molecule has 0 aromatic carbocycles. The van der Waals surface area contributed by atoms with Crippen molar-refractivity contribution in [2.45, 2.75) is 225 Å². The molecule has 0 saturated heterocycles. The Bertz CT molecular complexity index is 1110. The number of hydrogen-bond donors (Lipinski definition) is 3. The SMILES string of the molecule is CCCCC/C=C\C[C@@H](O)[C@H](O)CCCCCCCC(=O)OC[C@H](COP(=O)(O)OCC[N+](C)(C)C)OC(=O)CCCCCCCCCCC/C=C\CCCCCCCC. The minimum atomic E-state index is -4.41. The first-order valence-electron chi connectivity index (χ1n) is 24.2. The van der Waals surface area contributed by atoms with Gasteiger partial charge in [0.05, 0.1) is 40.0 Å². The number of aliphatic hydroxyl groups excluding tert-OH is 2. The van der Waals surface area contributed by atoms with E-state index in [2.05, 4.69) is 32.1 Å². The number of allylic oxidation sites excluding steroid dienone is 3. The maximum absolute atomic E-state index is 12.7. The van der Waals surface area contributed by atoms with Crippen molar-refractivity contribution in [2.75, 3.05) is 47.5 Å². The third-order valence-electron chi connectivity index (χ3n) is 10.7. The normalized spacial score (nSPS) is 14.7. The van der Waals surface area contributed by atoms with E-state index in [9.17, 15) is 29.3 Å². The largest absolute Gasteiger partial charge is 0.472 e. The van der Waals surface area contributed by atoms with Crippen molar-refractivity contribution in [3.05, 3.63) is 24.3 Å². The van der Waals surface area contributed by atoms with Crippen LogP contribution >= 0.6 is 7.82 Å². The number of quaternary nitrogens is 1. The maximum atomic E-state index is 12.7. The Morgan fingerprint density at radius 3 is 1.57 bits per heavy atom. The second-order valence-electron chi connectivity index (χ2n) is 17.8. The van der Waals surface area contributed by atoms with Crippen LogP contribution < -0.4 is 0 Å². The molecule has 0 aromatic rings. The number of aliphatic hydroxyl groups is 2. The molecule has 0 aliphatic heterocycles. The van der Waals surface area contributed by atoms with Gasteiger partial charge in [0.15, 0.2) is 6.10 Å². The third-order valence-corrected chi connectivity index (χ3v) is 11.6. The Labute approximate surface area is 367 Å². The predicted octanol–water partition coefficient (Wildman–Crippen LogP) is 11.9. The van der Waals surface area contributed by atoms with Gasteiger partial charge in [-0.25, -0.2) is 4.57 Å². The third kappa shape index (κ3) is 41.7. The number of unbranched alkanes of at least 4 members (excludes halogenated alkanes) is 22. The molecule has 12 heteroatoms. The molecule has 0 rings (SSSR count). The lowest BCUT2D eigenvalue weighted by Crippen LogP contribution is -2.37. The molecule has 3 N–H and O–H groups in total. The molecule has 4 atom stereocenters. The van der Waals surface area contributed by atoms with Gasteiger partial charge in [-0.2, -0.15) is 0 Å². The standard InChI is InChI=1S/C48H92NO10P/c1-6-8-10-12-14-15-16-17-18-19-20-21-22-23-24-25-26-30-35-39-48(53)59-44(43-58-60(54,55)57-41-40-49(3,4)5)42-56-47(52)38-34-31-27-29-33-37-46(51)45(50)36-32-28-13-11-9-7-2/h17-18,28,32,44-46,50-51H,6-16,19-27,29-31,33-43H2,1-5H3/p+1/b18-17-,32-28-/t44-,45-,46-/m1/s1. The topological polar surface area (TPSA) is 149 Å². The number of nitrogens with zero attached hydrogens (tertiary/aromatic N) is 1. The number of likely N-dealkylation sites (N-methyl/N-ethyl adjacent to an activating group) is 1. The summed E-state index contributed by atoms with van der Waals surface area (Å²) in [4.78, 5) is 35.5. The molecule has 0 saturated carbocycles. The van der Waals surface area contributed by atoms with Crippen LogP contribution in [0.2, 0.25) is 0 Å². The number of rotatable bonds is 44. The van der Waals surface area contributed by atoms with E-state index >= 15 is 0 Å². The van der Waals surface area contributed by atoms with Crippen LogP contribution in [-0.2, 0) is 32.7 Å². The number of phosphoric acid groups is 1. The smallest absolute Gasteiger partial charge is 0.462 e. The Hall–Kier alpha value is -1.59. The van der Waals surface area contributed by atoms with Gasteiger partial charge >= 0.3 is 19.8 Å². The zero-order valence-electron chi connectivity index (χ0n) is 39.2. The fraction of sp³-hybridized carbons (Fsp3) is 0.875. The summed E-state index contributed by atoms with van der Waals surface area (Å²) in [5, 5.41) is 20.5. The average Bonchev–Trinajstić information content (AvgIpc) is 3.19. The van der Waals surface area contributed by atoms with E-state index in [0.29, 0.717) is 36.7 Å². The molecular weight excluding hydrogens is 781 g/mol. The molecule has 0 spiro atoms. The Morgan fingerprint density at radius 2 is 1.02 bits per heavy atom. The molecule has 60 heavy (non-hydrogen) atoms. The minimum absolute atomic E-state index is 0.00705. The first-order chi connectivity index (χ1) is 28.8. The molecule has 11 nitrogen and oxygen atoms in total. The molecule has 0 fully saturated rings. The van der Waals surface area contributed by atoms with Crippen molar-refractivity contribution in [3.63, 3.8) is 0 Å². The van der Waals surface area contributed by atoms with Crippen LogP contribution in [0.4, 0.5) is 0 Å². The van der Waals surface area contributed by atoms with Gasteiger partial charge in [-0.05, 0) is 64.2 Å². The summed E-state index contributed by atoms with van der Waals surface area (Å²) >= 11 is 0. The first kappa shape index (κ1) is 58.4. The Balaban J connectivity index is 4.39. The molecule has 0 aliphatic carbocycles. The summed E-state index contributed by atoms with van der Waals surface area (Å²) in [5.74, 6) is -0.907. The minimum Gasteiger partial charge on any atom is -0.462 e. The van der Waals surface area contributed by atoms with Crippen LogP contribution in [0, 0.1) is 0 Å². The van der Waals surface area contributed by atoms with Gasteiger partial charge in [-0.15, -0.1) is 0 Å². The summed E-state index contributed by atoms with van der Waals surface area (Å²) in [6, 6.07) is 0. The molecule has 0 heterocycles. The van der Waals surface area contributed by atoms with Gasteiger partial charge in [0.25, 0.3) is 0 Å². The van der Waals surface area contributed by atoms with E-state index in [1.807, 2.05) is 27.2 Å². The van der Waals surface area contributed by atoms with Crippen LogP contribution in [0.25, 0.3) is 0 Å². The van der Waals surface area contributed by atoms with Crippen molar-refractivity contribution in [3.8, 4) is 0 Å². The molecule has 0 radical (unpaired) electrons. The lowest BCUT2D eigenvalue weighted by atomic mass is 10.0. The van der Waals surface area contributed by atoms with Crippen LogP contribution in [0.3, 0.4) is 0 Å². The van der Waals surface area contributed by atoms with Gasteiger partial charge in [0.2, 0.25) is 0 Å². The molecular formula is C48H93NO10P+. The number of hydrogen-bond acceptors (Lipinski definition) is 9. The van der Waals surface area contributed by atoms with E-state index in [4.69, 9.17) is 18.5 Å². The summed E-state index contributed by atoms with van der Waals surface area (Å²) < 4.78 is 34.3. The Morgan fingerprint density at radius 1 is 0.567 bits per heavy atom. The summed E-state index contributed by atoms with van der Waals surface area (Å²) in [7, 11) is 1.39. The lowest BCUT2D eigenvalue weighted by molar-refractivity contribution is -0.870. The van der Waals surface area contributed by atoms with Crippen molar-refractivity contribution < 1.29 is 52.3 Å².